The lowest BCUT2D eigenvalue weighted by Gasteiger charge is -2.11. The van der Waals surface area contributed by atoms with Crippen molar-refractivity contribution in [2.45, 2.75) is 0 Å². The van der Waals surface area contributed by atoms with Gasteiger partial charge in [-0.15, -0.1) is 0 Å². The third kappa shape index (κ3) is 2.24. The van der Waals surface area contributed by atoms with E-state index in [0.29, 0.717) is 27.7 Å². The molecule has 0 aliphatic heterocycles. The van der Waals surface area contributed by atoms with Crippen molar-refractivity contribution >= 4 is 10.9 Å². The lowest BCUT2D eigenvalue weighted by atomic mass is 10.1. The number of aryl methyl sites for hydroxylation is 1. The molecule has 0 aliphatic carbocycles. The van der Waals surface area contributed by atoms with Crippen molar-refractivity contribution in [2.75, 3.05) is 0 Å². The number of benzene rings is 2. The molecule has 2 aromatic carbocycles. The summed E-state index contributed by atoms with van der Waals surface area (Å²) in [5.41, 5.74) is 2.27. The van der Waals surface area contributed by atoms with E-state index in [1.807, 2.05) is 0 Å². The lowest BCUT2D eigenvalue weighted by molar-refractivity contribution is 0.396. The van der Waals surface area contributed by atoms with Crippen LogP contribution in [-0.4, -0.2) is 19.5 Å². The van der Waals surface area contributed by atoms with Gasteiger partial charge in [0.1, 0.15) is 6.07 Å². The number of para-hydroxylation sites is 1. The fraction of sp³-hybridized carbons (Fsp3) is 0.0526. The SMILES string of the molecule is Cn1cc(-c2c(C#N)c3ccccc3n2-c2cc(F)c(O)c(F)c2)cn1. The predicted octanol–water partition coefficient (Wildman–Crippen LogP) is 3.89. The van der Waals surface area contributed by atoms with Gasteiger partial charge in [-0.25, -0.2) is 8.78 Å². The standard InChI is InChI=1S/C19H12F2N4O/c1-24-10-11(9-23-24)18-14(8-22)13-4-2-3-5-17(13)25(18)12-6-15(20)19(26)16(21)7-12/h2-7,9-10,26H,1H3. The van der Waals surface area contributed by atoms with Crippen LogP contribution in [0.25, 0.3) is 27.8 Å². The molecule has 26 heavy (non-hydrogen) atoms. The van der Waals surface area contributed by atoms with Crippen molar-refractivity contribution in [3.05, 3.63) is 66.0 Å². The molecular weight excluding hydrogens is 338 g/mol. The predicted molar refractivity (Wildman–Crippen MR) is 91.8 cm³/mol. The molecule has 0 aliphatic rings. The second-order valence-electron chi connectivity index (χ2n) is 5.85. The maximum atomic E-state index is 14.0. The van der Waals surface area contributed by atoms with Gasteiger partial charge in [-0.2, -0.15) is 10.4 Å². The number of phenolic OH excluding ortho intramolecular Hbond substituents is 1. The van der Waals surface area contributed by atoms with Crippen LogP contribution in [0, 0.1) is 23.0 Å². The number of phenols is 1. The number of hydrogen-bond acceptors (Lipinski definition) is 3. The molecule has 0 bridgehead atoms. The summed E-state index contributed by atoms with van der Waals surface area (Å²) in [4.78, 5) is 0. The van der Waals surface area contributed by atoms with Gasteiger partial charge in [0.2, 0.25) is 0 Å². The summed E-state index contributed by atoms with van der Waals surface area (Å²) in [7, 11) is 1.74. The average Bonchev–Trinajstić information content (AvgIpc) is 3.19. The molecule has 2 aromatic heterocycles. The van der Waals surface area contributed by atoms with Gasteiger partial charge in [0.15, 0.2) is 17.4 Å². The second kappa shape index (κ2) is 5.70. The molecule has 4 aromatic rings. The van der Waals surface area contributed by atoms with Gasteiger partial charge in [0.05, 0.1) is 28.7 Å². The van der Waals surface area contributed by atoms with Crippen LogP contribution < -0.4 is 0 Å². The summed E-state index contributed by atoms with van der Waals surface area (Å²) in [6, 6.07) is 11.4. The molecule has 128 valence electrons. The van der Waals surface area contributed by atoms with Gasteiger partial charge >= 0.3 is 0 Å². The highest BCUT2D eigenvalue weighted by atomic mass is 19.1. The van der Waals surface area contributed by atoms with Crippen LogP contribution in [0.4, 0.5) is 8.78 Å². The summed E-state index contributed by atoms with van der Waals surface area (Å²) in [6.45, 7) is 0. The summed E-state index contributed by atoms with van der Waals surface area (Å²) in [5.74, 6) is -3.18. The van der Waals surface area contributed by atoms with Crippen molar-refractivity contribution in [3.8, 4) is 28.8 Å². The van der Waals surface area contributed by atoms with Crippen LogP contribution in [0.5, 0.6) is 5.75 Å². The summed E-state index contributed by atoms with van der Waals surface area (Å²) in [5, 5.41) is 23.9. The third-order valence-corrected chi connectivity index (χ3v) is 4.22. The zero-order valence-corrected chi connectivity index (χ0v) is 13.6. The fourth-order valence-corrected chi connectivity index (χ4v) is 3.12. The zero-order valence-electron chi connectivity index (χ0n) is 13.6. The molecule has 7 heteroatoms. The number of fused-ring (bicyclic) bond motifs is 1. The largest absolute Gasteiger partial charge is 0.503 e. The van der Waals surface area contributed by atoms with E-state index in [1.54, 1.807) is 53.0 Å². The van der Waals surface area contributed by atoms with Crippen LogP contribution in [-0.2, 0) is 7.05 Å². The molecule has 0 fully saturated rings. The molecule has 0 saturated heterocycles. The molecule has 4 rings (SSSR count). The maximum Gasteiger partial charge on any atom is 0.187 e. The van der Waals surface area contributed by atoms with Gasteiger partial charge in [-0.05, 0) is 6.07 Å². The van der Waals surface area contributed by atoms with Crippen LogP contribution in [0.15, 0.2) is 48.8 Å². The smallest absolute Gasteiger partial charge is 0.187 e. The highest BCUT2D eigenvalue weighted by Crippen LogP contribution is 2.37. The fourth-order valence-electron chi connectivity index (χ4n) is 3.12. The first-order chi connectivity index (χ1) is 12.5. The van der Waals surface area contributed by atoms with Gasteiger partial charge in [0.25, 0.3) is 0 Å². The van der Waals surface area contributed by atoms with Crippen LogP contribution in [0.1, 0.15) is 5.56 Å². The molecular formula is C19H12F2N4O. The summed E-state index contributed by atoms with van der Waals surface area (Å²) < 4.78 is 31.1. The molecule has 0 saturated carbocycles. The van der Waals surface area contributed by atoms with E-state index < -0.39 is 17.4 Å². The molecule has 0 amide bonds. The molecule has 0 unspecified atom stereocenters. The highest BCUT2D eigenvalue weighted by molar-refractivity contribution is 5.96. The first kappa shape index (κ1) is 15.8. The Bertz CT molecular complexity index is 1180. The lowest BCUT2D eigenvalue weighted by Crippen LogP contribution is -1.99. The van der Waals surface area contributed by atoms with E-state index in [2.05, 4.69) is 11.2 Å². The summed E-state index contributed by atoms with van der Waals surface area (Å²) >= 11 is 0. The van der Waals surface area contributed by atoms with Crippen molar-refractivity contribution in [1.29, 1.82) is 5.26 Å². The van der Waals surface area contributed by atoms with E-state index in [9.17, 15) is 19.1 Å². The van der Waals surface area contributed by atoms with Crippen LogP contribution >= 0.6 is 0 Å². The molecule has 2 heterocycles. The average molecular weight is 350 g/mol. The number of nitrogens with zero attached hydrogens (tertiary/aromatic N) is 4. The first-order valence-electron chi connectivity index (χ1n) is 7.72. The van der Waals surface area contributed by atoms with E-state index >= 15 is 0 Å². The number of nitriles is 1. The Hall–Kier alpha value is -3.66. The molecule has 0 spiro atoms. The third-order valence-electron chi connectivity index (χ3n) is 4.22. The highest BCUT2D eigenvalue weighted by Gasteiger charge is 2.22. The Labute approximate surface area is 147 Å². The number of aromatic hydroxyl groups is 1. The molecule has 5 nitrogen and oxygen atoms in total. The minimum absolute atomic E-state index is 0.161. The Kier molecular flexibility index (Phi) is 3.48. The van der Waals surface area contributed by atoms with Crippen molar-refractivity contribution in [3.63, 3.8) is 0 Å². The minimum atomic E-state index is -1.08. The number of hydrogen-bond donors (Lipinski definition) is 1. The monoisotopic (exact) mass is 350 g/mol. The van der Waals surface area contributed by atoms with Gasteiger partial charge in [-0.1, -0.05) is 18.2 Å². The molecule has 0 radical (unpaired) electrons. The van der Waals surface area contributed by atoms with Crippen LogP contribution in [0.3, 0.4) is 0 Å². The zero-order chi connectivity index (χ0) is 18.4. The summed E-state index contributed by atoms with van der Waals surface area (Å²) in [6.07, 6.45) is 3.30. The van der Waals surface area contributed by atoms with Gasteiger partial charge < -0.3 is 9.67 Å². The van der Waals surface area contributed by atoms with E-state index in [4.69, 9.17) is 0 Å². The van der Waals surface area contributed by atoms with Gasteiger partial charge in [-0.3, -0.25) is 4.68 Å². The Morgan fingerprint density at radius 1 is 1.15 bits per heavy atom. The number of aromatic nitrogens is 3. The maximum absolute atomic E-state index is 14.0. The van der Waals surface area contributed by atoms with Crippen molar-refractivity contribution in [1.82, 2.24) is 14.3 Å². The number of rotatable bonds is 2. The Balaban J connectivity index is 2.16. The molecule has 1 N–H and O–H groups in total. The quantitative estimate of drug-likeness (QED) is 0.596. The topological polar surface area (TPSA) is 66.8 Å². The van der Waals surface area contributed by atoms with E-state index in [1.165, 1.54) is 0 Å². The number of halogens is 2. The molecule has 0 atom stereocenters. The van der Waals surface area contributed by atoms with Gasteiger partial charge in [0, 0.05) is 36.3 Å². The van der Waals surface area contributed by atoms with E-state index in [0.717, 1.165) is 12.1 Å². The minimum Gasteiger partial charge on any atom is -0.503 e. The second-order valence-corrected chi connectivity index (χ2v) is 5.85. The van der Waals surface area contributed by atoms with Crippen molar-refractivity contribution in [2.24, 2.45) is 7.05 Å². The van der Waals surface area contributed by atoms with Crippen LogP contribution in [0.2, 0.25) is 0 Å². The Morgan fingerprint density at radius 3 is 2.46 bits per heavy atom. The Morgan fingerprint density at radius 2 is 1.85 bits per heavy atom. The first-order valence-corrected chi connectivity index (χ1v) is 7.72. The van der Waals surface area contributed by atoms with E-state index in [-0.39, 0.29) is 5.69 Å². The normalized spacial score (nSPS) is 11.0. The van der Waals surface area contributed by atoms with Crippen molar-refractivity contribution < 1.29 is 13.9 Å².